The van der Waals surface area contributed by atoms with Crippen molar-refractivity contribution in [3.05, 3.63) is 98.4 Å². The normalized spacial score (nSPS) is 13.6. The van der Waals surface area contributed by atoms with E-state index in [2.05, 4.69) is 4.74 Å². The third-order valence-corrected chi connectivity index (χ3v) is 6.50. The number of hydrogen-bond donors (Lipinski definition) is 0. The number of methoxy groups -OCH3 is 1. The second-order valence-corrected chi connectivity index (χ2v) is 9.26. The van der Waals surface area contributed by atoms with Crippen LogP contribution < -0.4 is 14.9 Å². The highest BCUT2D eigenvalue weighted by Crippen LogP contribution is 2.41. The summed E-state index contributed by atoms with van der Waals surface area (Å²) < 4.78 is 63.4. The maximum absolute atomic E-state index is 14.1. The number of alkyl halides is 3. The number of ether oxygens (including phenoxy) is 3. The van der Waals surface area contributed by atoms with Crippen molar-refractivity contribution >= 4 is 28.5 Å². The van der Waals surface area contributed by atoms with Crippen molar-refractivity contribution < 1.29 is 36.6 Å². The monoisotopic (exact) mass is 559 g/mol. The van der Waals surface area contributed by atoms with E-state index in [0.29, 0.717) is 29.3 Å². The lowest BCUT2D eigenvalue weighted by atomic mass is 10.1. The number of nitrogens with zero attached hydrogens (tertiary/aromatic N) is 1. The topological polar surface area (TPSA) is 78.2 Å². The van der Waals surface area contributed by atoms with E-state index in [0.717, 1.165) is 5.56 Å². The zero-order valence-electron chi connectivity index (χ0n) is 20.5. The summed E-state index contributed by atoms with van der Waals surface area (Å²) in [6.07, 6.45) is -4.37. The largest absolute Gasteiger partial charge is 0.478 e. The van der Waals surface area contributed by atoms with Crippen LogP contribution in [-0.2, 0) is 23.9 Å². The molecule has 2 heterocycles. The third-order valence-electron chi connectivity index (χ3n) is 6.25. The molecule has 0 fully saturated rings. The summed E-state index contributed by atoms with van der Waals surface area (Å²) in [4.78, 5) is 26.8. The van der Waals surface area contributed by atoms with Gasteiger partial charge in [0.05, 0.1) is 23.6 Å². The highest BCUT2D eigenvalue weighted by molar-refractivity contribution is 6.30. The zero-order chi connectivity index (χ0) is 27.7. The molecule has 39 heavy (non-hydrogen) atoms. The number of esters is 1. The molecular formula is C28H21ClF3NO6. The van der Waals surface area contributed by atoms with Crippen LogP contribution in [0.1, 0.15) is 27.2 Å². The van der Waals surface area contributed by atoms with Crippen molar-refractivity contribution in [2.75, 3.05) is 20.4 Å². The van der Waals surface area contributed by atoms with E-state index < -0.39 is 29.1 Å². The summed E-state index contributed by atoms with van der Waals surface area (Å²) in [5.74, 6) is -2.94. The Morgan fingerprint density at radius 1 is 1.05 bits per heavy atom. The first-order valence-electron chi connectivity index (χ1n) is 11.8. The standard InChI is InChI=1S/C28H21ClF3NO6/c1-36-27(35)17-4-8-19(9-5-17)38-25-23(34)20-10-11-22-21(24(20)39-26(25)28(30,31)32)14-33(15-37-22)13-12-16-2-6-18(29)7-3-16/h2-11H,12-15H2,1H3. The van der Waals surface area contributed by atoms with E-state index in [1.165, 1.54) is 43.5 Å². The molecule has 0 saturated carbocycles. The summed E-state index contributed by atoms with van der Waals surface area (Å²) in [5.41, 5.74) is 0.344. The molecule has 3 aromatic carbocycles. The Bertz CT molecular complexity index is 1580. The molecule has 5 rings (SSSR count). The summed E-state index contributed by atoms with van der Waals surface area (Å²) in [5, 5.41) is 0.545. The van der Waals surface area contributed by atoms with Crippen molar-refractivity contribution in [2.24, 2.45) is 0 Å². The van der Waals surface area contributed by atoms with Gasteiger partial charge in [-0.1, -0.05) is 23.7 Å². The molecule has 202 valence electrons. The molecule has 1 aliphatic heterocycles. The van der Waals surface area contributed by atoms with Crippen LogP contribution in [0.5, 0.6) is 17.2 Å². The number of benzene rings is 3. The molecule has 1 aliphatic rings. The molecule has 0 amide bonds. The molecule has 0 aliphatic carbocycles. The maximum Gasteiger partial charge on any atom is 0.453 e. The lowest BCUT2D eigenvalue weighted by molar-refractivity contribution is -0.154. The van der Waals surface area contributed by atoms with Gasteiger partial charge < -0.3 is 18.6 Å². The molecule has 0 spiro atoms. The first kappa shape index (κ1) is 26.6. The fourth-order valence-corrected chi connectivity index (χ4v) is 4.38. The van der Waals surface area contributed by atoms with Gasteiger partial charge in [-0.15, -0.1) is 0 Å². The Hall–Kier alpha value is -4.02. The quantitative estimate of drug-likeness (QED) is 0.252. The lowest BCUT2D eigenvalue weighted by Gasteiger charge is -2.29. The minimum atomic E-state index is -5.03. The number of halogens is 4. The summed E-state index contributed by atoms with van der Waals surface area (Å²) >= 11 is 5.94. The van der Waals surface area contributed by atoms with Crippen LogP contribution in [-0.4, -0.2) is 31.3 Å². The highest BCUT2D eigenvalue weighted by Gasteiger charge is 2.41. The van der Waals surface area contributed by atoms with Crippen LogP contribution >= 0.6 is 11.6 Å². The molecule has 11 heteroatoms. The van der Waals surface area contributed by atoms with E-state index in [1.807, 2.05) is 17.0 Å². The van der Waals surface area contributed by atoms with Crippen molar-refractivity contribution in [3.8, 4) is 17.2 Å². The molecule has 1 aromatic heterocycles. The molecule has 0 saturated heterocycles. The van der Waals surface area contributed by atoms with Crippen molar-refractivity contribution in [2.45, 2.75) is 19.1 Å². The van der Waals surface area contributed by atoms with Gasteiger partial charge in [0.15, 0.2) is 0 Å². The molecule has 0 unspecified atom stereocenters. The predicted molar refractivity (Wildman–Crippen MR) is 136 cm³/mol. The average Bonchev–Trinajstić information content (AvgIpc) is 2.93. The van der Waals surface area contributed by atoms with Gasteiger partial charge in [0.2, 0.25) is 11.2 Å². The van der Waals surface area contributed by atoms with Crippen LogP contribution in [0.4, 0.5) is 13.2 Å². The second kappa shape index (κ2) is 10.6. The maximum atomic E-state index is 14.1. The fourth-order valence-electron chi connectivity index (χ4n) is 4.25. The molecule has 0 atom stereocenters. The number of fused-ring (bicyclic) bond motifs is 3. The highest BCUT2D eigenvalue weighted by atomic mass is 35.5. The van der Waals surface area contributed by atoms with Crippen LogP contribution in [0, 0.1) is 0 Å². The van der Waals surface area contributed by atoms with Gasteiger partial charge in [0.25, 0.3) is 5.76 Å². The Kier molecular flexibility index (Phi) is 7.24. The molecule has 4 aromatic rings. The van der Waals surface area contributed by atoms with Gasteiger partial charge in [0, 0.05) is 18.1 Å². The molecular weight excluding hydrogens is 539 g/mol. The van der Waals surface area contributed by atoms with Crippen LogP contribution in [0.3, 0.4) is 0 Å². The summed E-state index contributed by atoms with van der Waals surface area (Å²) in [6, 6.07) is 15.4. The smallest absolute Gasteiger partial charge is 0.453 e. The summed E-state index contributed by atoms with van der Waals surface area (Å²) in [6.45, 7) is 0.998. The van der Waals surface area contributed by atoms with Crippen LogP contribution in [0.15, 0.2) is 69.9 Å². The van der Waals surface area contributed by atoms with E-state index in [4.69, 9.17) is 25.5 Å². The van der Waals surface area contributed by atoms with Gasteiger partial charge in [-0.05, 0) is 60.5 Å². The Morgan fingerprint density at radius 3 is 2.44 bits per heavy atom. The van der Waals surface area contributed by atoms with Crippen molar-refractivity contribution in [1.82, 2.24) is 4.90 Å². The minimum Gasteiger partial charge on any atom is -0.478 e. The SMILES string of the molecule is COC(=O)c1ccc(Oc2c(C(F)(F)F)oc3c4c(ccc3c2=O)OCN(CCc2ccc(Cl)cc2)C4)cc1. The van der Waals surface area contributed by atoms with Crippen molar-refractivity contribution in [1.29, 1.82) is 0 Å². The lowest BCUT2D eigenvalue weighted by Crippen LogP contribution is -2.34. The van der Waals surface area contributed by atoms with Gasteiger partial charge >= 0.3 is 12.1 Å². The predicted octanol–water partition coefficient (Wildman–Crippen LogP) is 6.44. The number of carbonyl (C=O) groups is 1. The molecule has 0 radical (unpaired) electrons. The van der Waals surface area contributed by atoms with E-state index >= 15 is 0 Å². The van der Waals surface area contributed by atoms with E-state index in [1.54, 1.807) is 12.1 Å². The molecule has 0 N–H and O–H groups in total. The zero-order valence-corrected chi connectivity index (χ0v) is 21.3. The average molecular weight is 560 g/mol. The number of carbonyl (C=O) groups excluding carboxylic acids is 1. The van der Waals surface area contributed by atoms with Gasteiger partial charge in [-0.3, -0.25) is 9.69 Å². The minimum absolute atomic E-state index is 0.0777. The Labute approximate surface area is 225 Å². The fraction of sp³-hybridized carbons (Fsp3) is 0.214. The Morgan fingerprint density at radius 2 is 1.77 bits per heavy atom. The van der Waals surface area contributed by atoms with Crippen LogP contribution in [0.2, 0.25) is 5.02 Å². The van der Waals surface area contributed by atoms with E-state index in [-0.39, 0.29) is 35.6 Å². The van der Waals surface area contributed by atoms with Gasteiger partial charge in [-0.2, -0.15) is 13.2 Å². The second-order valence-electron chi connectivity index (χ2n) is 8.83. The van der Waals surface area contributed by atoms with Crippen molar-refractivity contribution in [3.63, 3.8) is 0 Å². The molecule has 7 nitrogen and oxygen atoms in total. The van der Waals surface area contributed by atoms with Gasteiger partial charge in [0.1, 0.15) is 23.8 Å². The molecule has 0 bridgehead atoms. The van der Waals surface area contributed by atoms with Gasteiger partial charge in [-0.25, -0.2) is 4.79 Å². The summed E-state index contributed by atoms with van der Waals surface area (Å²) in [7, 11) is 1.20. The van der Waals surface area contributed by atoms with E-state index in [9.17, 15) is 22.8 Å². The Balaban J connectivity index is 1.49. The third kappa shape index (κ3) is 5.57. The first-order chi connectivity index (χ1) is 18.6. The first-order valence-corrected chi connectivity index (χ1v) is 12.2. The number of rotatable bonds is 6. The number of hydrogen-bond acceptors (Lipinski definition) is 7. The van der Waals surface area contributed by atoms with Crippen LogP contribution in [0.25, 0.3) is 11.0 Å².